The summed E-state index contributed by atoms with van der Waals surface area (Å²) in [6, 6.07) is 18.5. The van der Waals surface area contributed by atoms with Crippen LogP contribution in [0.1, 0.15) is 36.8 Å². The van der Waals surface area contributed by atoms with Crippen LogP contribution >= 0.6 is 0 Å². The summed E-state index contributed by atoms with van der Waals surface area (Å²) >= 11 is 0. The molecule has 0 spiro atoms. The Morgan fingerprint density at radius 2 is 1.62 bits per heavy atom. The van der Waals surface area contributed by atoms with Crippen molar-refractivity contribution in [2.75, 3.05) is 26.4 Å². The molecular formula is C31H40N2O6. The number of hydrogen-bond donors (Lipinski definition) is 2. The van der Waals surface area contributed by atoms with E-state index in [1.54, 1.807) is 17.1 Å². The first-order chi connectivity index (χ1) is 19.0. The number of nitrogens with zero attached hydrogens (tertiary/aromatic N) is 1. The molecule has 39 heavy (non-hydrogen) atoms. The molecule has 0 aliphatic rings. The molecule has 8 heteroatoms. The Kier molecular flexibility index (Phi) is 14.9. The fourth-order valence-corrected chi connectivity index (χ4v) is 3.87. The van der Waals surface area contributed by atoms with Crippen molar-refractivity contribution >= 4 is 17.8 Å². The number of carbonyl (C=O) groups excluding carboxylic acids is 3. The van der Waals surface area contributed by atoms with E-state index >= 15 is 0 Å². The first-order valence-electron chi connectivity index (χ1n) is 13.2. The highest BCUT2D eigenvalue weighted by Crippen LogP contribution is 2.15. The number of amides is 2. The number of hydrogen-bond acceptors (Lipinski definition) is 6. The van der Waals surface area contributed by atoms with Gasteiger partial charge in [0.2, 0.25) is 11.8 Å². The Morgan fingerprint density at radius 3 is 2.23 bits per heavy atom. The Balaban J connectivity index is 2.04. The third-order valence-electron chi connectivity index (χ3n) is 5.96. The second kappa shape index (κ2) is 18.5. The first kappa shape index (κ1) is 31.5. The SMILES string of the molecule is C=CCCC(=O)OC[C@H](COCc1ccccc1)NC(=O)[C@H](CC=C)CC(=O)N(CCO)Cc1ccccc1. The Morgan fingerprint density at radius 1 is 0.949 bits per heavy atom. The lowest BCUT2D eigenvalue weighted by Crippen LogP contribution is -2.46. The molecule has 0 heterocycles. The van der Waals surface area contributed by atoms with Crippen LogP contribution in [0.25, 0.3) is 0 Å². The normalized spacial score (nSPS) is 12.1. The minimum Gasteiger partial charge on any atom is -0.463 e. The van der Waals surface area contributed by atoms with E-state index in [0.717, 1.165) is 11.1 Å². The van der Waals surface area contributed by atoms with E-state index in [1.165, 1.54) is 0 Å². The molecular weight excluding hydrogens is 496 g/mol. The Hall–Kier alpha value is -3.75. The van der Waals surface area contributed by atoms with Gasteiger partial charge in [0.15, 0.2) is 0 Å². The first-order valence-corrected chi connectivity index (χ1v) is 13.2. The number of aliphatic hydroxyl groups excluding tert-OH is 1. The highest BCUT2D eigenvalue weighted by atomic mass is 16.5. The minimum atomic E-state index is -0.681. The summed E-state index contributed by atoms with van der Waals surface area (Å²) in [6.07, 6.45) is 4.16. The van der Waals surface area contributed by atoms with E-state index in [-0.39, 0.29) is 57.4 Å². The fraction of sp³-hybridized carbons (Fsp3) is 0.387. The number of esters is 1. The number of ether oxygens (including phenoxy) is 2. The van der Waals surface area contributed by atoms with E-state index in [9.17, 15) is 19.5 Å². The van der Waals surface area contributed by atoms with Gasteiger partial charge in [-0.3, -0.25) is 14.4 Å². The average Bonchev–Trinajstić information content (AvgIpc) is 2.95. The monoisotopic (exact) mass is 536 g/mol. The van der Waals surface area contributed by atoms with E-state index < -0.39 is 17.9 Å². The van der Waals surface area contributed by atoms with Crippen LogP contribution in [-0.2, 0) is 37.0 Å². The van der Waals surface area contributed by atoms with Crippen LogP contribution in [0.2, 0.25) is 0 Å². The number of aliphatic hydroxyl groups is 1. The molecule has 0 bridgehead atoms. The summed E-state index contributed by atoms with van der Waals surface area (Å²) < 4.78 is 11.2. The molecule has 2 aromatic rings. The third kappa shape index (κ3) is 12.6. The molecule has 0 saturated heterocycles. The third-order valence-corrected chi connectivity index (χ3v) is 5.96. The van der Waals surface area contributed by atoms with Gasteiger partial charge in [0, 0.05) is 25.9 Å². The highest BCUT2D eigenvalue weighted by molar-refractivity contribution is 5.86. The van der Waals surface area contributed by atoms with Crippen LogP contribution in [0.15, 0.2) is 86.0 Å². The van der Waals surface area contributed by atoms with Crippen LogP contribution < -0.4 is 5.32 Å². The van der Waals surface area contributed by atoms with Gasteiger partial charge in [-0.2, -0.15) is 0 Å². The van der Waals surface area contributed by atoms with Crippen molar-refractivity contribution < 1.29 is 29.0 Å². The molecule has 0 fully saturated rings. The van der Waals surface area contributed by atoms with Gasteiger partial charge in [-0.25, -0.2) is 0 Å². The maximum Gasteiger partial charge on any atom is 0.306 e. The average molecular weight is 537 g/mol. The molecule has 8 nitrogen and oxygen atoms in total. The molecule has 0 aliphatic carbocycles. The summed E-state index contributed by atoms with van der Waals surface area (Å²) in [6.45, 7) is 8.05. The predicted molar refractivity (Wildman–Crippen MR) is 150 cm³/mol. The second-order valence-electron chi connectivity index (χ2n) is 9.17. The van der Waals surface area contributed by atoms with E-state index in [1.807, 2.05) is 60.7 Å². The molecule has 2 N–H and O–H groups in total. The van der Waals surface area contributed by atoms with Crippen molar-refractivity contribution in [3.05, 3.63) is 97.1 Å². The molecule has 0 aliphatic heterocycles. The Bertz CT molecular complexity index is 1030. The summed E-state index contributed by atoms with van der Waals surface area (Å²) in [4.78, 5) is 40.0. The van der Waals surface area contributed by atoms with Gasteiger partial charge in [-0.1, -0.05) is 72.8 Å². The minimum absolute atomic E-state index is 0.0542. The number of carbonyl (C=O) groups is 3. The Labute approximate surface area is 231 Å². The van der Waals surface area contributed by atoms with E-state index in [0.29, 0.717) is 19.6 Å². The van der Waals surface area contributed by atoms with Gasteiger partial charge in [-0.05, 0) is 24.0 Å². The number of rotatable bonds is 19. The molecule has 0 aromatic heterocycles. The lowest BCUT2D eigenvalue weighted by Gasteiger charge is -2.26. The van der Waals surface area contributed by atoms with Crippen molar-refractivity contribution in [1.82, 2.24) is 10.2 Å². The zero-order valence-corrected chi connectivity index (χ0v) is 22.5. The summed E-state index contributed by atoms with van der Waals surface area (Å²) in [5.74, 6) is -1.68. The molecule has 0 unspecified atom stereocenters. The maximum atomic E-state index is 13.3. The quantitative estimate of drug-likeness (QED) is 0.209. The van der Waals surface area contributed by atoms with Crippen molar-refractivity contribution in [1.29, 1.82) is 0 Å². The zero-order valence-electron chi connectivity index (χ0n) is 22.5. The number of allylic oxidation sites excluding steroid dienone is 2. The van der Waals surface area contributed by atoms with Crippen LogP contribution in [0.3, 0.4) is 0 Å². The standard InChI is InChI=1S/C31H40N2O6/c1-3-5-17-30(36)39-24-28(23-38-22-26-15-10-7-11-16-26)32-31(37)27(12-4-2)20-29(35)33(18-19-34)21-25-13-8-6-9-14-25/h3-4,6-11,13-16,27-28,34H,1-2,5,12,17-24H2,(H,32,37)/t27-,28+/m1/s1. The lowest BCUT2D eigenvalue weighted by atomic mass is 9.98. The topological polar surface area (TPSA) is 105 Å². The molecule has 210 valence electrons. The van der Waals surface area contributed by atoms with Gasteiger partial charge in [-0.15, -0.1) is 13.2 Å². The summed E-state index contributed by atoms with van der Waals surface area (Å²) in [5, 5.41) is 12.4. The van der Waals surface area contributed by atoms with Gasteiger partial charge in [0.1, 0.15) is 6.61 Å². The van der Waals surface area contributed by atoms with Crippen LogP contribution in [0, 0.1) is 5.92 Å². The van der Waals surface area contributed by atoms with Crippen LogP contribution in [0.5, 0.6) is 0 Å². The molecule has 2 aromatic carbocycles. The van der Waals surface area contributed by atoms with Crippen LogP contribution in [-0.4, -0.2) is 60.2 Å². The van der Waals surface area contributed by atoms with Gasteiger partial charge >= 0.3 is 5.97 Å². The maximum absolute atomic E-state index is 13.3. The molecule has 0 radical (unpaired) electrons. The fourth-order valence-electron chi connectivity index (χ4n) is 3.87. The van der Waals surface area contributed by atoms with Crippen molar-refractivity contribution in [3.8, 4) is 0 Å². The smallest absolute Gasteiger partial charge is 0.306 e. The predicted octanol–water partition coefficient (Wildman–Crippen LogP) is 3.80. The number of nitrogens with one attached hydrogen (secondary N) is 1. The van der Waals surface area contributed by atoms with Crippen molar-refractivity contribution in [2.45, 2.75) is 44.9 Å². The van der Waals surface area contributed by atoms with Crippen LogP contribution in [0.4, 0.5) is 0 Å². The number of benzene rings is 2. The van der Waals surface area contributed by atoms with Crippen molar-refractivity contribution in [3.63, 3.8) is 0 Å². The van der Waals surface area contributed by atoms with E-state index in [2.05, 4.69) is 18.5 Å². The molecule has 2 amide bonds. The van der Waals surface area contributed by atoms with Gasteiger partial charge in [0.25, 0.3) is 0 Å². The van der Waals surface area contributed by atoms with Gasteiger partial charge in [0.05, 0.1) is 31.8 Å². The largest absolute Gasteiger partial charge is 0.463 e. The van der Waals surface area contributed by atoms with E-state index in [4.69, 9.17) is 9.47 Å². The lowest BCUT2D eigenvalue weighted by molar-refractivity contribution is -0.146. The molecule has 2 atom stereocenters. The second-order valence-corrected chi connectivity index (χ2v) is 9.17. The van der Waals surface area contributed by atoms with Gasteiger partial charge < -0.3 is 24.8 Å². The van der Waals surface area contributed by atoms with Crippen molar-refractivity contribution in [2.24, 2.45) is 5.92 Å². The summed E-state index contributed by atoms with van der Waals surface area (Å²) in [7, 11) is 0. The summed E-state index contributed by atoms with van der Waals surface area (Å²) in [5.41, 5.74) is 1.90. The zero-order chi connectivity index (χ0) is 28.3. The highest BCUT2D eigenvalue weighted by Gasteiger charge is 2.26. The molecule has 2 rings (SSSR count). The molecule has 0 saturated carbocycles.